The van der Waals surface area contributed by atoms with Gasteiger partial charge in [0.25, 0.3) is 5.91 Å². The van der Waals surface area contributed by atoms with Crippen molar-refractivity contribution in [1.82, 2.24) is 19.4 Å². The third-order valence-corrected chi connectivity index (χ3v) is 7.66. The summed E-state index contributed by atoms with van der Waals surface area (Å²) < 4.78 is 26.9. The Balaban J connectivity index is 1.60. The smallest absolute Gasteiger partial charge is 0.325 e. The van der Waals surface area contributed by atoms with Gasteiger partial charge in [0.2, 0.25) is 15.9 Å². The number of carbonyl (C=O) groups is 3. The van der Waals surface area contributed by atoms with Gasteiger partial charge in [-0.25, -0.2) is 13.2 Å². The number of sulfonamides is 1. The summed E-state index contributed by atoms with van der Waals surface area (Å²) in [6.45, 7) is 5.83. The Morgan fingerprint density at radius 2 is 1.71 bits per heavy atom. The molecule has 170 valence electrons. The van der Waals surface area contributed by atoms with Crippen LogP contribution in [0.25, 0.3) is 0 Å². The summed E-state index contributed by atoms with van der Waals surface area (Å²) in [6.07, 6.45) is 0.476. The predicted octanol–water partition coefficient (Wildman–Crippen LogP) is 1.53. The number of hydrogen-bond acceptors (Lipinski definition) is 5. The SMILES string of the molecule is CC(C)CC1(C)NC(=O)N(CC(=O)N2CCN(S(=O)(=O)c3ccc(Cl)cc3)CC2)C1=O. The number of carbonyl (C=O) groups excluding carboxylic acids is 3. The fourth-order valence-electron chi connectivity index (χ4n) is 4.01. The average molecular weight is 471 g/mol. The third-order valence-electron chi connectivity index (χ3n) is 5.50. The number of hydrogen-bond donors (Lipinski definition) is 1. The Labute approximate surface area is 187 Å². The fraction of sp³-hybridized carbons (Fsp3) is 0.550. The molecule has 1 atom stereocenters. The molecule has 0 saturated carbocycles. The highest BCUT2D eigenvalue weighted by Crippen LogP contribution is 2.25. The summed E-state index contributed by atoms with van der Waals surface area (Å²) in [5.41, 5.74) is -1.02. The minimum Gasteiger partial charge on any atom is -0.338 e. The standard InChI is InChI=1S/C20H27ClN4O5S/c1-14(2)12-20(3)18(27)25(19(28)22-20)13-17(26)23-8-10-24(11-9-23)31(29,30)16-6-4-15(21)5-7-16/h4-7,14H,8-13H2,1-3H3,(H,22,28). The van der Waals surface area contributed by atoms with E-state index in [-0.39, 0.29) is 49.4 Å². The summed E-state index contributed by atoms with van der Waals surface area (Å²) in [7, 11) is -3.69. The van der Waals surface area contributed by atoms with E-state index < -0.39 is 27.5 Å². The molecule has 2 heterocycles. The van der Waals surface area contributed by atoms with Gasteiger partial charge in [0.1, 0.15) is 12.1 Å². The van der Waals surface area contributed by atoms with E-state index >= 15 is 0 Å². The highest BCUT2D eigenvalue weighted by Gasteiger charge is 2.48. The van der Waals surface area contributed by atoms with Crippen LogP contribution in [-0.2, 0) is 19.6 Å². The van der Waals surface area contributed by atoms with Crippen molar-refractivity contribution in [1.29, 1.82) is 0 Å². The largest absolute Gasteiger partial charge is 0.338 e. The van der Waals surface area contributed by atoms with Gasteiger partial charge in [-0.3, -0.25) is 14.5 Å². The molecule has 0 spiro atoms. The van der Waals surface area contributed by atoms with Crippen LogP contribution < -0.4 is 5.32 Å². The number of piperazine rings is 1. The maximum absolute atomic E-state index is 12.8. The second kappa shape index (κ2) is 8.76. The van der Waals surface area contributed by atoms with Gasteiger partial charge in [0, 0.05) is 31.2 Å². The number of halogens is 1. The Hall–Kier alpha value is -2.17. The lowest BCUT2D eigenvalue weighted by molar-refractivity contribution is -0.139. The lowest BCUT2D eigenvalue weighted by Crippen LogP contribution is -2.53. The molecule has 2 aliphatic rings. The summed E-state index contributed by atoms with van der Waals surface area (Å²) in [6, 6.07) is 5.34. The van der Waals surface area contributed by atoms with Crippen molar-refractivity contribution in [2.45, 2.75) is 37.6 Å². The summed E-state index contributed by atoms with van der Waals surface area (Å²) in [4.78, 5) is 40.3. The van der Waals surface area contributed by atoms with Crippen molar-refractivity contribution < 1.29 is 22.8 Å². The third kappa shape index (κ3) is 4.86. The maximum Gasteiger partial charge on any atom is 0.325 e. The first-order chi connectivity index (χ1) is 14.4. The number of imide groups is 1. The van der Waals surface area contributed by atoms with E-state index in [1.165, 1.54) is 33.5 Å². The molecule has 3 rings (SSSR count). The lowest BCUT2D eigenvalue weighted by atomic mass is 9.91. The molecule has 4 amide bonds. The molecule has 1 N–H and O–H groups in total. The molecular formula is C20H27ClN4O5S. The average Bonchev–Trinajstić information content (AvgIpc) is 2.90. The molecule has 1 unspecified atom stereocenters. The topological polar surface area (TPSA) is 107 Å². The van der Waals surface area contributed by atoms with Crippen molar-refractivity contribution in [3.63, 3.8) is 0 Å². The van der Waals surface area contributed by atoms with Crippen LogP contribution in [0.2, 0.25) is 5.02 Å². The van der Waals surface area contributed by atoms with Crippen LogP contribution in [-0.4, -0.2) is 78.6 Å². The zero-order chi connectivity index (χ0) is 23.0. The van der Waals surface area contributed by atoms with Gasteiger partial charge in [-0.15, -0.1) is 0 Å². The molecule has 9 nitrogen and oxygen atoms in total. The van der Waals surface area contributed by atoms with Crippen molar-refractivity contribution >= 4 is 39.5 Å². The monoisotopic (exact) mass is 470 g/mol. The van der Waals surface area contributed by atoms with Crippen LogP contribution in [0.1, 0.15) is 27.2 Å². The van der Waals surface area contributed by atoms with Gasteiger partial charge in [0.05, 0.1) is 4.90 Å². The Kier molecular flexibility index (Phi) is 6.64. The minimum absolute atomic E-state index is 0.127. The van der Waals surface area contributed by atoms with E-state index in [4.69, 9.17) is 11.6 Å². The Morgan fingerprint density at radius 1 is 1.13 bits per heavy atom. The number of rotatable bonds is 6. The van der Waals surface area contributed by atoms with E-state index in [0.29, 0.717) is 11.4 Å². The van der Waals surface area contributed by atoms with Crippen LogP contribution in [0.15, 0.2) is 29.2 Å². The second-order valence-corrected chi connectivity index (χ2v) is 10.9. The Bertz CT molecular complexity index is 974. The molecule has 1 aromatic rings. The van der Waals surface area contributed by atoms with Crippen LogP contribution in [0.3, 0.4) is 0 Å². The normalized spacial score (nSPS) is 22.9. The van der Waals surface area contributed by atoms with E-state index in [0.717, 1.165) is 4.90 Å². The number of urea groups is 1. The lowest BCUT2D eigenvalue weighted by Gasteiger charge is -2.34. The highest BCUT2D eigenvalue weighted by molar-refractivity contribution is 7.89. The number of nitrogens with one attached hydrogen (secondary N) is 1. The molecule has 1 aromatic carbocycles. The summed E-state index contributed by atoms with van der Waals surface area (Å²) in [5, 5.41) is 3.13. The highest BCUT2D eigenvalue weighted by atomic mass is 35.5. The molecule has 11 heteroatoms. The van der Waals surface area contributed by atoms with Gasteiger partial charge < -0.3 is 10.2 Å². The van der Waals surface area contributed by atoms with E-state index in [9.17, 15) is 22.8 Å². The van der Waals surface area contributed by atoms with Crippen LogP contribution in [0.4, 0.5) is 4.79 Å². The van der Waals surface area contributed by atoms with Gasteiger partial charge in [0.15, 0.2) is 0 Å². The molecule has 2 saturated heterocycles. The summed E-state index contributed by atoms with van der Waals surface area (Å²) in [5.74, 6) is -0.607. The molecule has 0 aliphatic carbocycles. The predicted molar refractivity (Wildman–Crippen MR) is 115 cm³/mol. The number of benzene rings is 1. The first-order valence-electron chi connectivity index (χ1n) is 10.1. The Morgan fingerprint density at radius 3 is 2.26 bits per heavy atom. The van der Waals surface area contributed by atoms with Gasteiger partial charge in [-0.1, -0.05) is 25.4 Å². The van der Waals surface area contributed by atoms with Crippen molar-refractivity contribution in [3.05, 3.63) is 29.3 Å². The van der Waals surface area contributed by atoms with Gasteiger partial charge in [-0.2, -0.15) is 4.31 Å². The molecular weight excluding hydrogens is 444 g/mol. The first-order valence-corrected chi connectivity index (χ1v) is 11.9. The van der Waals surface area contributed by atoms with Crippen molar-refractivity contribution in [2.75, 3.05) is 32.7 Å². The molecule has 0 bridgehead atoms. The van der Waals surface area contributed by atoms with Gasteiger partial charge >= 0.3 is 6.03 Å². The zero-order valence-electron chi connectivity index (χ0n) is 17.8. The fourth-order valence-corrected chi connectivity index (χ4v) is 5.56. The van der Waals surface area contributed by atoms with Crippen molar-refractivity contribution in [3.8, 4) is 0 Å². The van der Waals surface area contributed by atoms with Gasteiger partial charge in [-0.05, 0) is 43.5 Å². The van der Waals surface area contributed by atoms with Crippen LogP contribution >= 0.6 is 11.6 Å². The molecule has 31 heavy (non-hydrogen) atoms. The molecule has 0 aromatic heterocycles. The van der Waals surface area contributed by atoms with E-state index in [1.54, 1.807) is 6.92 Å². The first kappa shape index (κ1) is 23.5. The second-order valence-electron chi connectivity index (χ2n) is 8.49. The quantitative estimate of drug-likeness (QED) is 0.634. The molecule has 2 fully saturated rings. The molecule has 2 aliphatic heterocycles. The minimum atomic E-state index is -3.69. The molecule has 0 radical (unpaired) electrons. The number of amides is 4. The number of nitrogens with zero attached hydrogens (tertiary/aromatic N) is 3. The van der Waals surface area contributed by atoms with Crippen molar-refractivity contribution in [2.24, 2.45) is 5.92 Å². The zero-order valence-corrected chi connectivity index (χ0v) is 19.4. The van der Waals surface area contributed by atoms with Crippen LogP contribution in [0, 0.1) is 5.92 Å². The van der Waals surface area contributed by atoms with Crippen LogP contribution in [0.5, 0.6) is 0 Å². The maximum atomic E-state index is 12.8. The van der Waals surface area contributed by atoms with E-state index in [2.05, 4.69) is 5.32 Å². The summed E-state index contributed by atoms with van der Waals surface area (Å²) >= 11 is 5.83. The van der Waals surface area contributed by atoms with E-state index in [1.807, 2.05) is 13.8 Å².